The maximum absolute atomic E-state index is 12.0. The molecule has 0 bridgehead atoms. The van der Waals surface area contributed by atoms with Crippen molar-refractivity contribution in [3.05, 3.63) is 54.1 Å². The molecule has 0 aliphatic heterocycles. The van der Waals surface area contributed by atoms with Crippen LogP contribution in [0.3, 0.4) is 0 Å². The molecule has 0 saturated carbocycles. The number of rotatable bonds is 9. The Morgan fingerprint density at radius 2 is 1.35 bits per heavy atom. The molecule has 0 fully saturated rings. The molecule has 2 rings (SSSR count). The van der Waals surface area contributed by atoms with E-state index in [4.69, 9.17) is 9.47 Å². The van der Waals surface area contributed by atoms with Gasteiger partial charge >= 0.3 is 0 Å². The molecule has 0 aliphatic rings. The second kappa shape index (κ2) is 8.82. The lowest BCUT2D eigenvalue weighted by Gasteiger charge is -2.12. The van der Waals surface area contributed by atoms with Crippen molar-refractivity contribution < 1.29 is 22.7 Å². The summed E-state index contributed by atoms with van der Waals surface area (Å²) in [5, 5.41) is 0. The SMILES string of the molecule is CCC(=O)c1ccc(OCCOc2ccc(S(=O)(=O)N(C)C)cc2)cc1. The molecule has 0 heterocycles. The standard InChI is InChI=1S/C19H23NO5S/c1-4-19(21)15-5-7-16(8-6-15)24-13-14-25-17-9-11-18(12-10-17)26(22,23)20(2)3/h5-12H,4,13-14H2,1-3H3. The van der Waals surface area contributed by atoms with Crippen LogP contribution in [-0.4, -0.2) is 45.8 Å². The van der Waals surface area contributed by atoms with Crippen LogP contribution >= 0.6 is 0 Å². The quantitative estimate of drug-likeness (QED) is 0.496. The van der Waals surface area contributed by atoms with E-state index < -0.39 is 10.0 Å². The Balaban J connectivity index is 1.82. The molecule has 2 aromatic carbocycles. The van der Waals surface area contributed by atoms with Crippen LogP contribution < -0.4 is 9.47 Å². The molecule has 0 amide bonds. The van der Waals surface area contributed by atoms with Gasteiger partial charge in [0.25, 0.3) is 0 Å². The van der Waals surface area contributed by atoms with Crippen LogP contribution in [0.5, 0.6) is 11.5 Å². The van der Waals surface area contributed by atoms with Gasteiger partial charge < -0.3 is 9.47 Å². The molecule has 0 aliphatic carbocycles. The first-order valence-electron chi connectivity index (χ1n) is 8.26. The molecule has 7 heteroatoms. The Morgan fingerprint density at radius 3 is 1.77 bits per heavy atom. The maximum Gasteiger partial charge on any atom is 0.242 e. The zero-order valence-corrected chi connectivity index (χ0v) is 16.0. The van der Waals surface area contributed by atoms with Crippen molar-refractivity contribution in [2.45, 2.75) is 18.2 Å². The fraction of sp³-hybridized carbons (Fsp3) is 0.316. The predicted molar refractivity (Wildman–Crippen MR) is 99.4 cm³/mol. The van der Waals surface area contributed by atoms with Crippen molar-refractivity contribution in [3.8, 4) is 11.5 Å². The van der Waals surface area contributed by atoms with Crippen molar-refractivity contribution in [2.24, 2.45) is 0 Å². The van der Waals surface area contributed by atoms with Crippen LogP contribution in [0.2, 0.25) is 0 Å². The number of ketones is 1. The van der Waals surface area contributed by atoms with E-state index in [-0.39, 0.29) is 10.7 Å². The summed E-state index contributed by atoms with van der Waals surface area (Å²) >= 11 is 0. The number of sulfonamides is 1. The van der Waals surface area contributed by atoms with Gasteiger partial charge in [0.05, 0.1) is 4.90 Å². The molecule has 0 unspecified atom stereocenters. The van der Waals surface area contributed by atoms with Crippen molar-refractivity contribution in [1.29, 1.82) is 0 Å². The van der Waals surface area contributed by atoms with E-state index in [0.717, 1.165) is 4.31 Å². The van der Waals surface area contributed by atoms with Crippen molar-refractivity contribution in [3.63, 3.8) is 0 Å². The topological polar surface area (TPSA) is 72.9 Å². The van der Waals surface area contributed by atoms with Gasteiger partial charge in [-0.05, 0) is 48.5 Å². The lowest BCUT2D eigenvalue weighted by molar-refractivity contribution is 0.0988. The molecule has 140 valence electrons. The monoisotopic (exact) mass is 377 g/mol. The summed E-state index contributed by atoms with van der Waals surface area (Å²) in [4.78, 5) is 11.8. The lowest BCUT2D eigenvalue weighted by Crippen LogP contribution is -2.22. The smallest absolute Gasteiger partial charge is 0.242 e. The third-order valence-electron chi connectivity index (χ3n) is 3.72. The fourth-order valence-corrected chi connectivity index (χ4v) is 3.08. The lowest BCUT2D eigenvalue weighted by atomic mass is 10.1. The van der Waals surface area contributed by atoms with Crippen molar-refractivity contribution in [2.75, 3.05) is 27.3 Å². The highest BCUT2D eigenvalue weighted by atomic mass is 32.2. The highest BCUT2D eigenvalue weighted by Crippen LogP contribution is 2.18. The van der Waals surface area contributed by atoms with E-state index in [1.54, 1.807) is 36.4 Å². The molecule has 0 radical (unpaired) electrons. The summed E-state index contributed by atoms with van der Waals surface area (Å²) in [6.45, 7) is 2.47. The van der Waals surface area contributed by atoms with E-state index in [0.29, 0.717) is 36.7 Å². The van der Waals surface area contributed by atoms with Crippen LogP contribution in [0.25, 0.3) is 0 Å². The summed E-state index contributed by atoms with van der Waals surface area (Å²) in [5.74, 6) is 1.32. The summed E-state index contributed by atoms with van der Waals surface area (Å²) in [6, 6.07) is 13.2. The first-order valence-corrected chi connectivity index (χ1v) is 9.70. The van der Waals surface area contributed by atoms with Crippen LogP contribution in [-0.2, 0) is 10.0 Å². The number of nitrogens with zero attached hydrogens (tertiary/aromatic N) is 1. The molecule has 0 saturated heterocycles. The minimum absolute atomic E-state index is 0.0969. The van der Waals surface area contributed by atoms with Gasteiger partial charge in [-0.15, -0.1) is 0 Å². The third-order valence-corrected chi connectivity index (χ3v) is 5.55. The summed E-state index contributed by atoms with van der Waals surface area (Å²) in [6.07, 6.45) is 0.475. The Hall–Kier alpha value is -2.38. The van der Waals surface area contributed by atoms with Gasteiger partial charge in [-0.3, -0.25) is 4.79 Å². The third kappa shape index (κ3) is 5.06. The minimum Gasteiger partial charge on any atom is -0.490 e. The van der Waals surface area contributed by atoms with E-state index in [2.05, 4.69) is 0 Å². The zero-order valence-electron chi connectivity index (χ0n) is 15.1. The fourth-order valence-electron chi connectivity index (χ4n) is 2.18. The van der Waals surface area contributed by atoms with Crippen LogP contribution in [0.15, 0.2) is 53.4 Å². The second-order valence-corrected chi connectivity index (χ2v) is 7.91. The minimum atomic E-state index is -3.44. The molecule has 0 spiro atoms. The molecular weight excluding hydrogens is 354 g/mol. The summed E-state index contributed by atoms with van der Waals surface area (Å²) < 4.78 is 36.3. The van der Waals surface area contributed by atoms with Gasteiger partial charge in [-0.25, -0.2) is 12.7 Å². The summed E-state index contributed by atoms with van der Waals surface area (Å²) in [5.41, 5.74) is 0.670. The van der Waals surface area contributed by atoms with Crippen molar-refractivity contribution >= 4 is 15.8 Å². The predicted octanol–water partition coefficient (Wildman–Crippen LogP) is 2.99. The molecule has 6 nitrogen and oxygen atoms in total. The average molecular weight is 377 g/mol. The Morgan fingerprint density at radius 1 is 0.885 bits per heavy atom. The maximum atomic E-state index is 12.0. The van der Waals surface area contributed by atoms with E-state index in [9.17, 15) is 13.2 Å². The Labute approximate surface area is 154 Å². The van der Waals surface area contributed by atoms with Gasteiger partial charge in [0.1, 0.15) is 24.7 Å². The number of Topliss-reactive ketones (excluding diaryl/α,β-unsaturated/α-hetero) is 1. The van der Waals surface area contributed by atoms with E-state index in [1.165, 1.54) is 26.2 Å². The van der Waals surface area contributed by atoms with Crippen LogP contribution in [0.1, 0.15) is 23.7 Å². The van der Waals surface area contributed by atoms with Gasteiger partial charge in [0, 0.05) is 26.1 Å². The van der Waals surface area contributed by atoms with Gasteiger partial charge in [-0.1, -0.05) is 6.92 Å². The highest BCUT2D eigenvalue weighted by molar-refractivity contribution is 7.89. The molecule has 2 aromatic rings. The average Bonchev–Trinajstić information content (AvgIpc) is 2.65. The molecule has 0 atom stereocenters. The second-order valence-electron chi connectivity index (χ2n) is 5.76. The number of carbonyl (C=O) groups excluding carboxylic acids is 1. The number of ether oxygens (including phenoxy) is 2. The Kier molecular flexibility index (Phi) is 6.76. The highest BCUT2D eigenvalue weighted by Gasteiger charge is 2.16. The molecular formula is C19H23NO5S. The normalized spacial score (nSPS) is 11.4. The zero-order chi connectivity index (χ0) is 19.2. The van der Waals surface area contributed by atoms with Gasteiger partial charge in [0.2, 0.25) is 10.0 Å². The van der Waals surface area contributed by atoms with Gasteiger partial charge in [0.15, 0.2) is 5.78 Å². The number of carbonyl (C=O) groups is 1. The van der Waals surface area contributed by atoms with Gasteiger partial charge in [-0.2, -0.15) is 0 Å². The summed E-state index contributed by atoms with van der Waals surface area (Å²) in [7, 11) is -0.462. The van der Waals surface area contributed by atoms with Crippen LogP contribution in [0.4, 0.5) is 0 Å². The molecule has 0 aromatic heterocycles. The van der Waals surface area contributed by atoms with E-state index in [1.807, 2.05) is 6.92 Å². The number of hydrogen-bond donors (Lipinski definition) is 0. The van der Waals surface area contributed by atoms with Crippen molar-refractivity contribution in [1.82, 2.24) is 4.31 Å². The molecule has 26 heavy (non-hydrogen) atoms. The van der Waals surface area contributed by atoms with Crippen LogP contribution in [0, 0.1) is 0 Å². The number of hydrogen-bond acceptors (Lipinski definition) is 5. The first-order chi connectivity index (χ1) is 12.3. The van der Waals surface area contributed by atoms with E-state index >= 15 is 0 Å². The Bertz CT molecular complexity index is 827. The largest absolute Gasteiger partial charge is 0.490 e. The number of benzene rings is 2. The molecule has 0 N–H and O–H groups in total. The first kappa shape index (κ1) is 19.9.